The number of nitrogens with zero attached hydrogens (tertiary/aromatic N) is 2. The quantitative estimate of drug-likeness (QED) is 0.896. The van der Waals surface area contributed by atoms with E-state index in [1.807, 2.05) is 0 Å². The number of nitrogens with two attached hydrogens (primary N) is 1. The minimum absolute atomic E-state index is 0.169. The van der Waals surface area contributed by atoms with Gasteiger partial charge in [0.25, 0.3) is 0 Å². The highest BCUT2D eigenvalue weighted by Crippen LogP contribution is 2.21. The lowest BCUT2D eigenvalue weighted by Gasteiger charge is -2.34. The topological polar surface area (TPSA) is 51.4 Å². The number of rotatable bonds is 5. The van der Waals surface area contributed by atoms with Gasteiger partial charge in [-0.05, 0) is 37.9 Å². The summed E-state index contributed by atoms with van der Waals surface area (Å²) in [6, 6.07) is 3.49. The van der Waals surface area contributed by atoms with Crippen LogP contribution in [-0.4, -0.2) is 42.7 Å². The van der Waals surface area contributed by atoms with Gasteiger partial charge in [0.2, 0.25) is 0 Å². The van der Waals surface area contributed by atoms with E-state index in [0.717, 1.165) is 38.3 Å². The average Bonchev–Trinajstić information content (AvgIpc) is 2.48. The van der Waals surface area contributed by atoms with Gasteiger partial charge in [-0.15, -0.1) is 0 Å². The van der Waals surface area contributed by atoms with Crippen LogP contribution in [0.5, 0.6) is 0 Å². The fraction of sp³-hybridized carbons (Fsp3) is 0.667. The Bertz CT molecular complexity index is 406. The molecule has 1 fully saturated rings. The molecular formula is C15H24FN3O. The van der Waals surface area contributed by atoms with E-state index >= 15 is 0 Å². The first kappa shape index (κ1) is 15.4. The number of hydrogen-bond donors (Lipinski definition) is 1. The highest BCUT2D eigenvalue weighted by molar-refractivity contribution is 5.10. The highest BCUT2D eigenvalue weighted by atomic mass is 19.1. The van der Waals surface area contributed by atoms with Crippen molar-refractivity contribution in [3.63, 3.8) is 0 Å². The minimum Gasteiger partial charge on any atom is -0.381 e. The predicted molar refractivity (Wildman–Crippen MR) is 76.8 cm³/mol. The van der Waals surface area contributed by atoms with Gasteiger partial charge in [0.15, 0.2) is 0 Å². The van der Waals surface area contributed by atoms with E-state index in [4.69, 9.17) is 10.5 Å². The molecule has 1 aliphatic rings. The number of aromatic nitrogens is 1. The Hall–Kier alpha value is -1.04. The summed E-state index contributed by atoms with van der Waals surface area (Å²) in [5, 5.41) is 0. The fourth-order valence-corrected chi connectivity index (χ4v) is 2.72. The van der Waals surface area contributed by atoms with E-state index in [1.54, 1.807) is 6.07 Å². The van der Waals surface area contributed by atoms with Crippen molar-refractivity contribution in [1.29, 1.82) is 0 Å². The molecular weight excluding hydrogens is 257 g/mol. The third kappa shape index (κ3) is 3.98. The van der Waals surface area contributed by atoms with Gasteiger partial charge in [-0.3, -0.25) is 4.98 Å². The summed E-state index contributed by atoms with van der Waals surface area (Å²) in [5.41, 5.74) is 6.98. The Balaban J connectivity index is 1.89. The molecule has 0 spiro atoms. The van der Waals surface area contributed by atoms with Gasteiger partial charge >= 0.3 is 0 Å². The van der Waals surface area contributed by atoms with Gasteiger partial charge in [0, 0.05) is 25.8 Å². The zero-order chi connectivity index (χ0) is 14.5. The van der Waals surface area contributed by atoms with Crippen molar-refractivity contribution in [1.82, 2.24) is 9.88 Å². The van der Waals surface area contributed by atoms with Crippen LogP contribution in [0.2, 0.25) is 0 Å². The maximum absolute atomic E-state index is 12.9. The molecule has 2 rings (SSSR count). The molecule has 1 saturated heterocycles. The first-order valence-corrected chi connectivity index (χ1v) is 7.23. The third-order valence-corrected chi connectivity index (χ3v) is 4.09. The van der Waals surface area contributed by atoms with E-state index in [2.05, 4.69) is 23.9 Å². The average molecular weight is 281 g/mol. The number of pyridine rings is 1. The summed E-state index contributed by atoms with van der Waals surface area (Å²) in [7, 11) is 2.14. The number of halogens is 1. The van der Waals surface area contributed by atoms with Crippen LogP contribution in [0, 0.1) is 11.7 Å². The zero-order valence-corrected chi connectivity index (χ0v) is 12.3. The van der Waals surface area contributed by atoms with Gasteiger partial charge in [-0.2, -0.15) is 0 Å². The molecule has 1 aromatic rings. The number of hydrogen-bond acceptors (Lipinski definition) is 4. The van der Waals surface area contributed by atoms with E-state index < -0.39 is 0 Å². The maximum atomic E-state index is 12.9. The molecule has 0 aliphatic carbocycles. The van der Waals surface area contributed by atoms with Crippen molar-refractivity contribution in [2.45, 2.75) is 31.8 Å². The SMILES string of the molecule is CC(CN(C)C1CCOCC1)C(N)c1ccc(F)cn1. The normalized spacial score (nSPS) is 20.1. The van der Waals surface area contributed by atoms with Gasteiger partial charge in [0.05, 0.1) is 17.9 Å². The van der Waals surface area contributed by atoms with Crippen molar-refractivity contribution < 1.29 is 9.13 Å². The summed E-state index contributed by atoms with van der Waals surface area (Å²) >= 11 is 0. The molecule has 4 nitrogen and oxygen atoms in total. The van der Waals surface area contributed by atoms with Crippen LogP contribution in [0.15, 0.2) is 18.3 Å². The summed E-state index contributed by atoms with van der Waals surface area (Å²) in [4.78, 5) is 6.44. The third-order valence-electron chi connectivity index (χ3n) is 4.09. The maximum Gasteiger partial charge on any atom is 0.141 e. The van der Waals surface area contributed by atoms with Crippen LogP contribution in [0.4, 0.5) is 4.39 Å². The Morgan fingerprint density at radius 2 is 2.15 bits per heavy atom. The van der Waals surface area contributed by atoms with Gasteiger partial charge in [0.1, 0.15) is 5.82 Å². The lowest BCUT2D eigenvalue weighted by Crippen LogP contribution is -2.41. The second kappa shape index (κ2) is 7.11. The molecule has 1 aromatic heterocycles. The molecule has 112 valence electrons. The molecule has 2 heterocycles. The van der Waals surface area contributed by atoms with Crippen LogP contribution in [0.1, 0.15) is 31.5 Å². The number of ether oxygens (including phenoxy) is 1. The summed E-state index contributed by atoms with van der Waals surface area (Å²) in [6.45, 7) is 4.71. The standard InChI is InChI=1S/C15H24FN3O/c1-11(10-19(2)13-5-7-20-8-6-13)15(17)14-4-3-12(16)9-18-14/h3-4,9,11,13,15H,5-8,10,17H2,1-2H3. The molecule has 2 atom stereocenters. The smallest absolute Gasteiger partial charge is 0.141 e. The molecule has 0 amide bonds. The largest absolute Gasteiger partial charge is 0.381 e. The zero-order valence-electron chi connectivity index (χ0n) is 12.3. The van der Waals surface area contributed by atoms with Crippen molar-refractivity contribution in [3.05, 3.63) is 29.8 Å². The molecule has 0 bridgehead atoms. The van der Waals surface area contributed by atoms with Crippen LogP contribution < -0.4 is 5.73 Å². The Morgan fingerprint density at radius 1 is 1.45 bits per heavy atom. The minimum atomic E-state index is -0.326. The van der Waals surface area contributed by atoms with Crippen molar-refractivity contribution in [2.75, 3.05) is 26.8 Å². The molecule has 2 N–H and O–H groups in total. The summed E-state index contributed by atoms with van der Waals surface area (Å²) in [5.74, 6) is -0.0614. The van der Waals surface area contributed by atoms with Crippen molar-refractivity contribution in [2.24, 2.45) is 11.7 Å². The first-order valence-electron chi connectivity index (χ1n) is 7.23. The van der Waals surface area contributed by atoms with E-state index in [-0.39, 0.29) is 17.8 Å². The van der Waals surface area contributed by atoms with Crippen LogP contribution in [0.25, 0.3) is 0 Å². The Labute approximate surface area is 120 Å². The lowest BCUT2D eigenvalue weighted by atomic mass is 9.97. The summed E-state index contributed by atoms with van der Waals surface area (Å²) < 4.78 is 18.3. The molecule has 20 heavy (non-hydrogen) atoms. The van der Waals surface area contributed by atoms with Crippen molar-refractivity contribution in [3.8, 4) is 0 Å². The molecule has 1 aliphatic heterocycles. The highest BCUT2D eigenvalue weighted by Gasteiger charge is 2.23. The second-order valence-corrected chi connectivity index (χ2v) is 5.69. The van der Waals surface area contributed by atoms with Crippen LogP contribution in [0.3, 0.4) is 0 Å². The molecule has 0 saturated carbocycles. The lowest BCUT2D eigenvalue weighted by molar-refractivity contribution is 0.0378. The molecule has 0 radical (unpaired) electrons. The molecule has 5 heteroatoms. The van der Waals surface area contributed by atoms with Gasteiger partial charge in [-0.1, -0.05) is 6.92 Å². The monoisotopic (exact) mass is 281 g/mol. The molecule has 2 unspecified atom stereocenters. The fourth-order valence-electron chi connectivity index (χ4n) is 2.72. The van der Waals surface area contributed by atoms with Gasteiger partial charge < -0.3 is 15.4 Å². The van der Waals surface area contributed by atoms with Crippen LogP contribution >= 0.6 is 0 Å². The Morgan fingerprint density at radius 3 is 2.75 bits per heavy atom. The Kier molecular flexibility index (Phi) is 5.46. The van der Waals surface area contributed by atoms with Crippen LogP contribution in [-0.2, 0) is 4.74 Å². The van der Waals surface area contributed by atoms with Crippen molar-refractivity contribution >= 4 is 0 Å². The molecule has 0 aromatic carbocycles. The summed E-state index contributed by atoms with van der Waals surface area (Å²) in [6.07, 6.45) is 3.38. The first-order chi connectivity index (χ1) is 9.58. The van der Waals surface area contributed by atoms with E-state index in [0.29, 0.717) is 6.04 Å². The predicted octanol–water partition coefficient (Wildman–Crippen LogP) is 1.97. The van der Waals surface area contributed by atoms with E-state index in [1.165, 1.54) is 12.3 Å². The van der Waals surface area contributed by atoms with E-state index in [9.17, 15) is 4.39 Å². The van der Waals surface area contributed by atoms with Gasteiger partial charge in [-0.25, -0.2) is 4.39 Å². The second-order valence-electron chi connectivity index (χ2n) is 5.69.